The van der Waals surface area contributed by atoms with E-state index in [0.29, 0.717) is 17.7 Å². The second kappa shape index (κ2) is 11.2. The Balaban J connectivity index is 1.63. The SMILES string of the molecule is COC(=O)[C@@H]1[C@@H]2CCc3cc(OC)ccc3C2=CC[C@@]1(C(=O)OCc1ccccc1)[S@@](=O)c1ccc(C)cc1. The largest absolute Gasteiger partial charge is 0.497 e. The van der Waals surface area contributed by atoms with Crippen LogP contribution in [0.5, 0.6) is 5.75 Å². The highest BCUT2D eigenvalue weighted by Crippen LogP contribution is 2.52. The van der Waals surface area contributed by atoms with Crippen molar-refractivity contribution in [2.24, 2.45) is 11.8 Å². The van der Waals surface area contributed by atoms with Crippen LogP contribution in [0, 0.1) is 18.8 Å². The molecular weight excluding hydrogens is 512 g/mol. The lowest BCUT2D eigenvalue weighted by molar-refractivity contribution is -0.159. The first-order chi connectivity index (χ1) is 18.9. The highest BCUT2D eigenvalue weighted by Gasteiger charge is 2.61. The molecule has 0 aliphatic heterocycles. The van der Waals surface area contributed by atoms with Crippen LogP contribution in [-0.2, 0) is 42.9 Å². The van der Waals surface area contributed by atoms with Crippen molar-refractivity contribution >= 4 is 28.3 Å². The summed E-state index contributed by atoms with van der Waals surface area (Å²) in [6, 6.07) is 22.5. The number of hydrogen-bond acceptors (Lipinski definition) is 6. The number of fused-ring (bicyclic) bond motifs is 3. The molecular formula is C32H32O6S. The molecule has 0 heterocycles. The lowest BCUT2D eigenvalue weighted by atomic mass is 9.64. The van der Waals surface area contributed by atoms with Crippen molar-refractivity contribution in [3.05, 3.63) is 101 Å². The molecule has 2 aliphatic carbocycles. The number of allylic oxidation sites excluding steroid dienone is 2. The van der Waals surface area contributed by atoms with Gasteiger partial charge >= 0.3 is 11.9 Å². The second-order valence-corrected chi connectivity index (χ2v) is 11.8. The van der Waals surface area contributed by atoms with Crippen molar-refractivity contribution < 1.29 is 28.0 Å². The second-order valence-electron chi connectivity index (χ2n) is 10.1. The van der Waals surface area contributed by atoms with Crippen LogP contribution in [0.1, 0.15) is 35.1 Å². The smallest absolute Gasteiger partial charge is 0.326 e. The molecule has 2 aliphatic rings. The van der Waals surface area contributed by atoms with E-state index in [1.54, 1.807) is 19.2 Å². The van der Waals surface area contributed by atoms with Gasteiger partial charge in [0.1, 0.15) is 12.4 Å². The number of methoxy groups -OCH3 is 2. The maximum atomic E-state index is 14.5. The van der Waals surface area contributed by atoms with Gasteiger partial charge in [0.25, 0.3) is 0 Å². The molecule has 39 heavy (non-hydrogen) atoms. The van der Waals surface area contributed by atoms with Crippen LogP contribution < -0.4 is 4.74 Å². The van der Waals surface area contributed by atoms with E-state index in [0.717, 1.165) is 33.6 Å². The minimum atomic E-state index is -1.89. The van der Waals surface area contributed by atoms with E-state index in [1.165, 1.54) is 7.11 Å². The van der Waals surface area contributed by atoms with E-state index < -0.39 is 33.4 Å². The lowest BCUT2D eigenvalue weighted by Gasteiger charge is -2.45. The van der Waals surface area contributed by atoms with E-state index >= 15 is 0 Å². The Morgan fingerprint density at radius 1 is 1.00 bits per heavy atom. The molecule has 3 aromatic carbocycles. The van der Waals surface area contributed by atoms with Crippen LogP contribution >= 0.6 is 0 Å². The Labute approximate surface area is 231 Å². The van der Waals surface area contributed by atoms with Crippen LogP contribution in [0.3, 0.4) is 0 Å². The summed E-state index contributed by atoms with van der Waals surface area (Å²) in [5.74, 6) is -1.78. The molecule has 0 aromatic heterocycles. The molecule has 0 saturated heterocycles. The first-order valence-electron chi connectivity index (χ1n) is 13.0. The first kappa shape index (κ1) is 26.9. The van der Waals surface area contributed by atoms with Crippen LogP contribution in [0.2, 0.25) is 0 Å². The standard InChI is InChI=1S/C32H32O6S/c1-21-9-13-25(14-10-21)39(35)32(31(34)38-20-22-7-5-4-6-8-22)18-17-27-26-16-12-24(36-2)19-23(26)11-15-28(27)29(32)30(33)37-3/h4-10,12-14,16-17,19,28-29H,11,15,18,20H2,1-3H3/t28-,29+,32-,39+/m1/s1. The molecule has 0 saturated carbocycles. The third kappa shape index (κ3) is 4.91. The number of rotatable bonds is 7. The molecule has 5 rings (SSSR count). The molecule has 0 spiro atoms. The van der Waals surface area contributed by atoms with E-state index in [2.05, 4.69) is 0 Å². The summed E-state index contributed by atoms with van der Waals surface area (Å²) in [4.78, 5) is 28.2. The predicted octanol–water partition coefficient (Wildman–Crippen LogP) is 5.43. The van der Waals surface area contributed by atoms with Gasteiger partial charge in [0.15, 0.2) is 4.75 Å². The third-order valence-corrected chi connectivity index (χ3v) is 9.81. The van der Waals surface area contributed by atoms with Crippen LogP contribution in [0.15, 0.2) is 83.8 Å². The van der Waals surface area contributed by atoms with Crippen LogP contribution in [0.25, 0.3) is 5.57 Å². The van der Waals surface area contributed by atoms with Crippen molar-refractivity contribution in [1.29, 1.82) is 0 Å². The molecule has 0 unspecified atom stereocenters. The third-order valence-electron chi connectivity index (χ3n) is 7.86. The molecule has 6 nitrogen and oxygen atoms in total. The normalized spacial score (nSPS) is 22.5. The molecule has 0 fully saturated rings. The van der Waals surface area contributed by atoms with E-state index in [4.69, 9.17) is 14.2 Å². The Kier molecular flexibility index (Phi) is 7.71. The highest BCUT2D eigenvalue weighted by molar-refractivity contribution is 7.87. The van der Waals surface area contributed by atoms with E-state index in [-0.39, 0.29) is 18.9 Å². The minimum Gasteiger partial charge on any atom is -0.497 e. The van der Waals surface area contributed by atoms with Gasteiger partial charge in [-0.1, -0.05) is 60.2 Å². The zero-order chi connectivity index (χ0) is 27.6. The Morgan fingerprint density at radius 2 is 1.74 bits per heavy atom. The van der Waals surface area contributed by atoms with Crippen molar-refractivity contribution in [3.63, 3.8) is 0 Å². The molecule has 7 heteroatoms. The summed E-state index contributed by atoms with van der Waals surface area (Å²) in [5.41, 5.74) is 4.93. The molecule has 0 bridgehead atoms. The fourth-order valence-corrected chi connectivity index (χ4v) is 7.59. The molecule has 3 aromatic rings. The number of carbonyl (C=O) groups is 2. The van der Waals surface area contributed by atoms with Crippen molar-refractivity contribution in [3.8, 4) is 5.75 Å². The van der Waals surface area contributed by atoms with Gasteiger partial charge in [-0.15, -0.1) is 0 Å². The quantitative estimate of drug-likeness (QED) is 0.369. The Morgan fingerprint density at radius 3 is 2.44 bits per heavy atom. The van der Waals surface area contributed by atoms with Gasteiger partial charge in [-0.05, 0) is 78.6 Å². The predicted molar refractivity (Wildman–Crippen MR) is 149 cm³/mol. The number of carbonyl (C=O) groups excluding carboxylic acids is 2. The van der Waals surface area contributed by atoms with E-state index in [1.807, 2.05) is 73.7 Å². The number of aryl methyl sites for hydroxylation is 2. The molecule has 202 valence electrons. The lowest BCUT2D eigenvalue weighted by Crippen LogP contribution is -2.58. The molecule has 0 amide bonds. The topological polar surface area (TPSA) is 78.9 Å². The van der Waals surface area contributed by atoms with Gasteiger partial charge in [-0.3, -0.25) is 13.8 Å². The summed E-state index contributed by atoms with van der Waals surface area (Å²) >= 11 is 0. The van der Waals surface area contributed by atoms with Gasteiger partial charge in [-0.25, -0.2) is 0 Å². The van der Waals surface area contributed by atoms with Gasteiger partial charge in [-0.2, -0.15) is 0 Å². The molecule has 0 radical (unpaired) electrons. The monoisotopic (exact) mass is 544 g/mol. The molecule has 0 N–H and O–H groups in total. The maximum Gasteiger partial charge on any atom is 0.326 e. The zero-order valence-electron chi connectivity index (χ0n) is 22.3. The first-order valence-corrected chi connectivity index (χ1v) is 14.2. The average Bonchev–Trinajstić information content (AvgIpc) is 2.98. The number of esters is 2. The summed E-state index contributed by atoms with van der Waals surface area (Å²) in [7, 11) is 1.06. The van der Waals surface area contributed by atoms with Gasteiger partial charge in [0, 0.05) is 4.90 Å². The highest BCUT2D eigenvalue weighted by atomic mass is 32.2. The average molecular weight is 545 g/mol. The number of ether oxygens (including phenoxy) is 3. The maximum absolute atomic E-state index is 14.5. The number of benzene rings is 3. The Hall–Kier alpha value is -3.71. The summed E-state index contributed by atoms with van der Waals surface area (Å²) < 4.78 is 29.4. The van der Waals surface area contributed by atoms with Crippen molar-refractivity contribution in [2.75, 3.05) is 14.2 Å². The summed E-state index contributed by atoms with van der Waals surface area (Å²) in [6.45, 7) is 1.96. The van der Waals surface area contributed by atoms with Gasteiger partial charge in [0.05, 0.1) is 30.9 Å². The molecule has 4 atom stereocenters. The summed E-state index contributed by atoms with van der Waals surface area (Å²) in [6.07, 6.45) is 3.35. The van der Waals surface area contributed by atoms with Crippen molar-refractivity contribution in [2.45, 2.75) is 42.4 Å². The minimum absolute atomic E-state index is 0.0181. The fourth-order valence-electron chi connectivity index (χ4n) is 5.85. The summed E-state index contributed by atoms with van der Waals surface area (Å²) in [5, 5.41) is 0. The zero-order valence-corrected chi connectivity index (χ0v) is 23.2. The number of hydrogen-bond donors (Lipinski definition) is 0. The van der Waals surface area contributed by atoms with Crippen LogP contribution in [0.4, 0.5) is 0 Å². The van der Waals surface area contributed by atoms with Crippen molar-refractivity contribution in [1.82, 2.24) is 0 Å². The fraction of sp³-hybridized carbons (Fsp3) is 0.312. The van der Waals surface area contributed by atoms with E-state index in [9.17, 15) is 13.8 Å². The van der Waals surface area contributed by atoms with Gasteiger partial charge < -0.3 is 14.2 Å². The Bertz CT molecular complexity index is 1430. The van der Waals surface area contributed by atoms with Gasteiger partial charge in [0.2, 0.25) is 0 Å². The van der Waals surface area contributed by atoms with Crippen LogP contribution in [-0.4, -0.2) is 35.1 Å².